The normalized spacial score (nSPS) is 11.2. The number of nitro benzene ring substituents is 1. The Labute approximate surface area is 131 Å². The van der Waals surface area contributed by atoms with Crippen LogP contribution in [0.25, 0.3) is 0 Å². The van der Waals surface area contributed by atoms with Crippen LogP contribution in [0.1, 0.15) is 16.3 Å². The minimum atomic E-state index is -3.76. The fraction of sp³-hybridized carbons (Fsp3) is 0.154. The van der Waals surface area contributed by atoms with Crippen molar-refractivity contribution in [2.24, 2.45) is 5.73 Å². The zero-order valence-electron chi connectivity index (χ0n) is 12.0. The van der Waals surface area contributed by atoms with Crippen molar-refractivity contribution in [1.29, 1.82) is 0 Å². The summed E-state index contributed by atoms with van der Waals surface area (Å²) >= 11 is 0. The lowest BCUT2D eigenvalue weighted by atomic mass is 10.2. The lowest BCUT2D eigenvalue weighted by Gasteiger charge is -2.08. The van der Waals surface area contributed by atoms with E-state index in [1.165, 1.54) is 24.3 Å². The largest absolute Gasteiger partial charge is 0.454 e. The number of nitrogens with one attached hydrogen (secondary N) is 1. The molecule has 0 unspecified atom stereocenters. The number of carbonyl (C=O) groups is 1. The maximum absolute atomic E-state index is 11.7. The van der Waals surface area contributed by atoms with Crippen LogP contribution < -0.4 is 11.1 Å². The molecule has 3 N–H and O–H groups in total. The number of sulfone groups is 1. The molecular formula is C13H13N3O6S. The first kappa shape index (κ1) is 16.5. The standard InChI is InChI=1S/C13H13N3O6S/c1-23(20,21)11-4-2-3-9(12(11)16(18)19)15-7-8-5-6-10(22-8)13(14)17/h2-6,15H,7H2,1H3,(H2,14,17). The smallest absolute Gasteiger partial charge is 0.310 e. The number of amides is 1. The van der Waals surface area contributed by atoms with E-state index in [9.17, 15) is 23.3 Å². The number of para-hydroxylation sites is 1. The van der Waals surface area contributed by atoms with E-state index in [4.69, 9.17) is 10.2 Å². The average molecular weight is 339 g/mol. The zero-order chi connectivity index (χ0) is 17.2. The molecule has 0 saturated carbocycles. The molecule has 0 bridgehead atoms. The van der Waals surface area contributed by atoms with Crippen molar-refractivity contribution in [1.82, 2.24) is 0 Å². The second kappa shape index (κ2) is 6.08. The molecule has 0 aliphatic carbocycles. The predicted octanol–water partition coefficient (Wildman–Crippen LogP) is 1.30. The van der Waals surface area contributed by atoms with Gasteiger partial charge in [-0.25, -0.2) is 8.42 Å². The Morgan fingerprint density at radius 2 is 2.04 bits per heavy atom. The van der Waals surface area contributed by atoms with Gasteiger partial charge in [-0.05, 0) is 24.3 Å². The summed E-state index contributed by atoms with van der Waals surface area (Å²) in [6.45, 7) is 0.0152. The molecule has 0 aliphatic heterocycles. The third-order valence-corrected chi connectivity index (χ3v) is 4.07. The summed E-state index contributed by atoms with van der Waals surface area (Å²) in [6.07, 6.45) is 0.894. The number of hydrogen-bond acceptors (Lipinski definition) is 7. The number of hydrogen-bond donors (Lipinski definition) is 2. The van der Waals surface area contributed by atoms with Crippen LogP contribution in [0.2, 0.25) is 0 Å². The van der Waals surface area contributed by atoms with Gasteiger partial charge in [0.15, 0.2) is 15.6 Å². The predicted molar refractivity (Wildman–Crippen MR) is 80.8 cm³/mol. The number of nitro groups is 1. The summed E-state index contributed by atoms with van der Waals surface area (Å²) in [5.41, 5.74) is 4.54. The molecular weight excluding hydrogens is 326 g/mol. The van der Waals surface area contributed by atoms with Gasteiger partial charge in [-0.15, -0.1) is 0 Å². The highest BCUT2D eigenvalue weighted by atomic mass is 32.2. The molecule has 0 aliphatic rings. The SMILES string of the molecule is CS(=O)(=O)c1cccc(NCc2ccc(C(N)=O)o2)c1[N+](=O)[O-]. The van der Waals surface area contributed by atoms with E-state index in [1.807, 2.05) is 0 Å². The number of primary amides is 1. The van der Waals surface area contributed by atoms with Gasteiger partial charge in [0.25, 0.3) is 5.91 Å². The lowest BCUT2D eigenvalue weighted by Crippen LogP contribution is -2.09. The van der Waals surface area contributed by atoms with E-state index in [2.05, 4.69) is 5.32 Å². The third kappa shape index (κ3) is 3.66. The summed E-state index contributed by atoms with van der Waals surface area (Å²) in [5.74, 6) is -0.458. The van der Waals surface area contributed by atoms with Gasteiger partial charge in [0.1, 0.15) is 16.3 Å². The van der Waals surface area contributed by atoms with Crippen molar-refractivity contribution in [3.8, 4) is 0 Å². The molecule has 122 valence electrons. The summed E-state index contributed by atoms with van der Waals surface area (Å²) in [4.78, 5) is 21.0. The quantitative estimate of drug-likeness (QED) is 0.595. The highest BCUT2D eigenvalue weighted by molar-refractivity contribution is 7.90. The number of rotatable bonds is 6. The number of nitrogens with two attached hydrogens (primary N) is 1. The van der Waals surface area contributed by atoms with Crippen LogP contribution in [0, 0.1) is 10.1 Å². The molecule has 2 aromatic rings. The first-order chi connectivity index (χ1) is 10.7. The molecule has 1 heterocycles. The molecule has 10 heteroatoms. The molecule has 1 aromatic heterocycles. The van der Waals surface area contributed by atoms with Gasteiger partial charge in [0.2, 0.25) is 0 Å². The maximum Gasteiger partial charge on any atom is 0.310 e. The van der Waals surface area contributed by atoms with E-state index in [-0.39, 0.29) is 22.9 Å². The third-order valence-electron chi connectivity index (χ3n) is 2.94. The van der Waals surface area contributed by atoms with Crippen LogP contribution in [0.4, 0.5) is 11.4 Å². The van der Waals surface area contributed by atoms with Crippen molar-refractivity contribution in [3.63, 3.8) is 0 Å². The highest BCUT2D eigenvalue weighted by Crippen LogP contribution is 2.32. The second-order valence-electron chi connectivity index (χ2n) is 4.67. The molecule has 23 heavy (non-hydrogen) atoms. The maximum atomic E-state index is 11.7. The fourth-order valence-corrected chi connectivity index (χ4v) is 2.80. The number of furan rings is 1. The Morgan fingerprint density at radius 1 is 1.35 bits per heavy atom. The van der Waals surface area contributed by atoms with E-state index >= 15 is 0 Å². The van der Waals surface area contributed by atoms with Gasteiger partial charge < -0.3 is 15.5 Å². The summed E-state index contributed by atoms with van der Waals surface area (Å²) < 4.78 is 28.5. The van der Waals surface area contributed by atoms with Crippen LogP contribution >= 0.6 is 0 Å². The number of carbonyl (C=O) groups excluding carboxylic acids is 1. The number of nitrogens with zero attached hydrogens (tertiary/aromatic N) is 1. The van der Waals surface area contributed by atoms with Crippen LogP contribution in [0.15, 0.2) is 39.6 Å². The summed E-state index contributed by atoms with van der Waals surface area (Å²) in [7, 11) is -3.76. The Kier molecular flexibility index (Phi) is 4.36. The van der Waals surface area contributed by atoms with Gasteiger partial charge in [-0.3, -0.25) is 14.9 Å². The van der Waals surface area contributed by atoms with Crippen LogP contribution in [0.3, 0.4) is 0 Å². The minimum Gasteiger partial charge on any atom is -0.454 e. The molecule has 0 radical (unpaired) electrons. The molecule has 0 saturated heterocycles. The van der Waals surface area contributed by atoms with Crippen molar-refractivity contribution in [3.05, 3.63) is 52.0 Å². The van der Waals surface area contributed by atoms with E-state index in [0.717, 1.165) is 12.3 Å². The van der Waals surface area contributed by atoms with E-state index < -0.39 is 26.4 Å². The van der Waals surface area contributed by atoms with Gasteiger partial charge >= 0.3 is 5.69 Å². The van der Waals surface area contributed by atoms with E-state index in [1.54, 1.807) is 0 Å². The van der Waals surface area contributed by atoms with Gasteiger partial charge in [0, 0.05) is 6.26 Å². The zero-order valence-corrected chi connectivity index (χ0v) is 12.8. The Hall–Kier alpha value is -2.88. The fourth-order valence-electron chi connectivity index (χ4n) is 1.94. The summed E-state index contributed by atoms with van der Waals surface area (Å²) in [5, 5.41) is 13.9. The Bertz CT molecular complexity index is 872. The van der Waals surface area contributed by atoms with E-state index in [0.29, 0.717) is 5.76 Å². The van der Waals surface area contributed by atoms with Crippen LogP contribution in [-0.4, -0.2) is 25.5 Å². The van der Waals surface area contributed by atoms with Crippen molar-refractivity contribution < 1.29 is 22.6 Å². The van der Waals surface area contributed by atoms with Gasteiger partial charge in [-0.2, -0.15) is 0 Å². The van der Waals surface area contributed by atoms with Gasteiger partial charge in [-0.1, -0.05) is 6.07 Å². The van der Waals surface area contributed by atoms with Crippen molar-refractivity contribution in [2.45, 2.75) is 11.4 Å². The van der Waals surface area contributed by atoms with Crippen LogP contribution in [0.5, 0.6) is 0 Å². The Morgan fingerprint density at radius 3 is 2.57 bits per heavy atom. The van der Waals surface area contributed by atoms with Crippen molar-refractivity contribution >= 4 is 27.1 Å². The highest BCUT2D eigenvalue weighted by Gasteiger charge is 2.26. The summed E-state index contributed by atoms with van der Waals surface area (Å²) in [6, 6.07) is 6.80. The first-order valence-electron chi connectivity index (χ1n) is 6.30. The molecule has 9 nitrogen and oxygen atoms in total. The average Bonchev–Trinajstić information content (AvgIpc) is 2.92. The molecule has 0 spiro atoms. The molecule has 1 amide bonds. The second-order valence-corrected chi connectivity index (χ2v) is 6.65. The number of anilines is 1. The van der Waals surface area contributed by atoms with Crippen LogP contribution in [-0.2, 0) is 16.4 Å². The lowest BCUT2D eigenvalue weighted by molar-refractivity contribution is -0.386. The molecule has 0 fully saturated rings. The minimum absolute atomic E-state index is 0.0152. The monoisotopic (exact) mass is 339 g/mol. The Balaban J connectivity index is 2.32. The molecule has 0 atom stereocenters. The topological polar surface area (TPSA) is 146 Å². The van der Waals surface area contributed by atoms with Crippen molar-refractivity contribution in [2.75, 3.05) is 11.6 Å². The first-order valence-corrected chi connectivity index (χ1v) is 8.19. The number of benzene rings is 1. The van der Waals surface area contributed by atoms with Gasteiger partial charge in [0.05, 0.1) is 11.5 Å². The molecule has 2 rings (SSSR count). The molecule has 1 aromatic carbocycles.